The Kier molecular flexibility index (Phi) is 18.2. The van der Waals surface area contributed by atoms with Gasteiger partial charge in [-0.1, -0.05) is 125 Å². The molecule has 0 aromatic heterocycles. The van der Waals surface area contributed by atoms with E-state index >= 15 is 0 Å². The fraction of sp³-hybridized carbons (Fsp3) is 0.586. The lowest BCUT2D eigenvalue weighted by atomic mass is 10.0. The van der Waals surface area contributed by atoms with Crippen molar-refractivity contribution in [3.8, 4) is 0 Å². The van der Waals surface area contributed by atoms with Gasteiger partial charge >= 0.3 is 10.4 Å². The smallest absolute Gasteiger partial charge is 0.367 e. The second-order valence-electron chi connectivity index (χ2n) is 9.31. The van der Waals surface area contributed by atoms with Crippen LogP contribution in [0, 0.1) is 0 Å². The molecule has 0 atom stereocenters. The van der Waals surface area contributed by atoms with Crippen LogP contribution in [0.5, 0.6) is 0 Å². The zero-order valence-corrected chi connectivity index (χ0v) is 23.3. The number of benzene rings is 2. The zero-order chi connectivity index (χ0) is 26.5. The molecule has 7 heteroatoms. The molecule has 0 aliphatic heterocycles. The van der Waals surface area contributed by atoms with Crippen LogP contribution < -0.4 is 0 Å². The van der Waals surface area contributed by atoms with E-state index in [1.807, 2.05) is 12.1 Å². The van der Waals surface area contributed by atoms with Gasteiger partial charge < -0.3 is 9.64 Å². The number of hydrogen-bond acceptors (Lipinski definition) is 5. The summed E-state index contributed by atoms with van der Waals surface area (Å²) in [4.78, 5) is 2.13. The minimum atomic E-state index is -4.23. The predicted octanol–water partition coefficient (Wildman–Crippen LogP) is 7.08. The molecule has 0 aliphatic carbocycles. The van der Waals surface area contributed by atoms with E-state index in [1.54, 1.807) is 0 Å². The van der Waals surface area contributed by atoms with E-state index in [0.717, 1.165) is 26.0 Å². The highest BCUT2D eigenvalue weighted by Gasteiger charge is 2.14. The summed E-state index contributed by atoms with van der Waals surface area (Å²) in [7, 11) is -0.117. The highest BCUT2D eigenvalue weighted by atomic mass is 32.3. The molecular formula is C29H47NO5S. The molecule has 0 heterocycles. The number of likely N-dealkylation sites (N-methyl/N-ethyl adjacent to an activating group) is 1. The molecule has 2 aromatic carbocycles. The van der Waals surface area contributed by atoms with Gasteiger partial charge in [0.2, 0.25) is 0 Å². The van der Waals surface area contributed by atoms with Crippen LogP contribution in [0.15, 0.2) is 60.7 Å². The fourth-order valence-corrected chi connectivity index (χ4v) is 4.08. The minimum absolute atomic E-state index is 0.0161. The topological polar surface area (TPSA) is 76.1 Å². The second kappa shape index (κ2) is 20.3. The molecule has 0 bridgehead atoms. The van der Waals surface area contributed by atoms with Crippen molar-refractivity contribution in [3.05, 3.63) is 71.8 Å². The maximum atomic E-state index is 10.2. The van der Waals surface area contributed by atoms with Gasteiger partial charge in [-0.3, -0.25) is 4.55 Å². The molecule has 0 fully saturated rings. The van der Waals surface area contributed by atoms with Crippen molar-refractivity contribution in [1.82, 2.24) is 4.90 Å². The van der Waals surface area contributed by atoms with Crippen LogP contribution in [0.2, 0.25) is 0 Å². The Morgan fingerprint density at radius 1 is 0.722 bits per heavy atom. The fourth-order valence-electron chi connectivity index (χ4n) is 3.75. The largest absolute Gasteiger partial charge is 0.397 e. The monoisotopic (exact) mass is 521 g/mol. The molecular weight excluding hydrogens is 474 g/mol. The van der Waals surface area contributed by atoms with Gasteiger partial charge in [0.1, 0.15) is 6.10 Å². The van der Waals surface area contributed by atoms with Crippen LogP contribution in [0.1, 0.15) is 88.4 Å². The third-order valence-corrected chi connectivity index (χ3v) is 6.22. The quantitative estimate of drug-likeness (QED) is 0.167. The van der Waals surface area contributed by atoms with E-state index in [9.17, 15) is 8.42 Å². The maximum Gasteiger partial charge on any atom is 0.397 e. The summed E-state index contributed by atoms with van der Waals surface area (Å²) < 4.78 is 39.1. The molecule has 2 aromatic rings. The summed E-state index contributed by atoms with van der Waals surface area (Å²) in [6.07, 6.45) is 11.9. The van der Waals surface area contributed by atoms with Gasteiger partial charge in [0.15, 0.2) is 0 Å². The second-order valence-corrected chi connectivity index (χ2v) is 10.4. The summed E-state index contributed by atoms with van der Waals surface area (Å²) in [5.41, 5.74) is 2.40. The Morgan fingerprint density at radius 3 is 1.58 bits per heavy atom. The number of unbranched alkanes of at least 4 members (excludes halogenated alkanes) is 9. The van der Waals surface area contributed by atoms with Crippen LogP contribution >= 0.6 is 0 Å². The van der Waals surface area contributed by atoms with Gasteiger partial charge in [-0.25, -0.2) is 4.18 Å². The van der Waals surface area contributed by atoms with Gasteiger partial charge in [0, 0.05) is 6.54 Å². The van der Waals surface area contributed by atoms with Gasteiger partial charge in [-0.2, -0.15) is 8.42 Å². The average Bonchev–Trinajstić information content (AvgIpc) is 2.86. The first-order chi connectivity index (χ1) is 17.3. The maximum absolute atomic E-state index is 10.2. The summed E-state index contributed by atoms with van der Waals surface area (Å²) in [6, 6.07) is 20.8. The normalized spacial score (nSPS) is 11.5. The van der Waals surface area contributed by atoms with E-state index in [0.29, 0.717) is 6.42 Å². The van der Waals surface area contributed by atoms with Crippen LogP contribution in [-0.4, -0.2) is 51.7 Å². The van der Waals surface area contributed by atoms with Crippen LogP contribution in [0.25, 0.3) is 0 Å². The first-order valence-corrected chi connectivity index (χ1v) is 14.7. The van der Waals surface area contributed by atoms with Crippen molar-refractivity contribution in [1.29, 1.82) is 0 Å². The first kappa shape index (κ1) is 32.3. The lowest BCUT2D eigenvalue weighted by molar-refractivity contribution is 0.0687. The van der Waals surface area contributed by atoms with Crippen molar-refractivity contribution in [3.63, 3.8) is 0 Å². The molecule has 204 valence electrons. The van der Waals surface area contributed by atoms with Gasteiger partial charge in [-0.05, 0) is 31.6 Å². The van der Waals surface area contributed by atoms with E-state index in [2.05, 4.69) is 78.6 Å². The molecule has 2 rings (SSSR count). The summed E-state index contributed by atoms with van der Waals surface area (Å²) >= 11 is 0. The van der Waals surface area contributed by atoms with Gasteiger partial charge in [-0.15, -0.1) is 0 Å². The van der Waals surface area contributed by atoms with E-state index < -0.39 is 10.4 Å². The third-order valence-electron chi connectivity index (χ3n) is 5.76. The van der Waals surface area contributed by atoms with E-state index in [1.165, 1.54) is 56.1 Å². The first-order valence-electron chi connectivity index (χ1n) is 13.3. The zero-order valence-electron chi connectivity index (χ0n) is 22.5. The lowest BCUT2D eigenvalue weighted by Gasteiger charge is -2.20. The van der Waals surface area contributed by atoms with Crippen LogP contribution in [0.4, 0.5) is 0 Å². The average molecular weight is 522 g/mol. The summed E-state index contributed by atoms with van der Waals surface area (Å²) in [5, 5.41) is 0. The van der Waals surface area contributed by atoms with Crippen molar-refractivity contribution in [2.75, 3.05) is 33.9 Å². The van der Waals surface area contributed by atoms with Crippen molar-refractivity contribution >= 4 is 10.4 Å². The molecule has 36 heavy (non-hydrogen) atoms. The van der Waals surface area contributed by atoms with Gasteiger partial charge in [0.05, 0.1) is 13.2 Å². The number of nitrogens with zero attached hydrogens (tertiary/aromatic N) is 1. The molecule has 1 N–H and O–H groups in total. The number of ether oxygens (including phenoxy) is 1. The highest BCUT2D eigenvalue weighted by Crippen LogP contribution is 2.25. The molecule has 0 radical (unpaired) electrons. The molecule has 0 amide bonds. The Labute approximate surface area is 220 Å². The standard InChI is InChI=1S/C17H21NO.C12H26O4S/c1-18(2)13-14-19-17(15-9-5-3-6-10-15)16-11-7-4-8-12-16;1-2-3-4-5-6-7-8-9-10-11-12-16-17(13,14)15/h3-12,17H,13-14H2,1-2H3;2-12H2,1H3,(H,13,14,15). The lowest BCUT2D eigenvalue weighted by Crippen LogP contribution is -2.20. The number of hydrogen-bond donors (Lipinski definition) is 1. The Hall–Kier alpha value is -1.77. The molecule has 0 saturated heterocycles. The van der Waals surface area contributed by atoms with Gasteiger partial charge in [0.25, 0.3) is 0 Å². The van der Waals surface area contributed by atoms with Crippen molar-refractivity contribution in [2.45, 2.75) is 77.2 Å². The predicted molar refractivity (Wildman–Crippen MR) is 149 cm³/mol. The summed E-state index contributed by atoms with van der Waals surface area (Å²) in [5.74, 6) is 0. The van der Waals surface area contributed by atoms with Crippen LogP contribution in [0.3, 0.4) is 0 Å². The molecule has 0 aliphatic rings. The molecule has 0 unspecified atom stereocenters. The molecule has 0 spiro atoms. The third kappa shape index (κ3) is 17.6. The molecule has 6 nitrogen and oxygen atoms in total. The summed E-state index contributed by atoms with van der Waals surface area (Å²) in [6.45, 7) is 3.96. The SMILES string of the molecule is CCCCCCCCCCCCOS(=O)(=O)O.CN(C)CCOC(c1ccccc1)c1ccccc1. The number of rotatable bonds is 18. The molecule has 0 saturated carbocycles. The van der Waals surface area contributed by atoms with Crippen molar-refractivity contribution < 1.29 is 21.9 Å². The Bertz CT molecular complexity index is 820. The van der Waals surface area contributed by atoms with Crippen molar-refractivity contribution in [2.24, 2.45) is 0 Å². The van der Waals surface area contributed by atoms with Crippen LogP contribution in [-0.2, 0) is 19.3 Å². The van der Waals surface area contributed by atoms with E-state index in [-0.39, 0.29) is 12.7 Å². The minimum Gasteiger partial charge on any atom is -0.367 e. The Balaban J connectivity index is 0.000000363. The Morgan fingerprint density at radius 2 is 1.17 bits per heavy atom. The highest BCUT2D eigenvalue weighted by molar-refractivity contribution is 7.80. The van der Waals surface area contributed by atoms with E-state index in [4.69, 9.17) is 9.29 Å².